The second-order valence-corrected chi connectivity index (χ2v) is 11.6. The number of hydrogen-bond donors (Lipinski definition) is 1. The van der Waals surface area contributed by atoms with Crippen LogP contribution in [0.15, 0.2) is 71.9 Å². The molecule has 0 spiro atoms. The summed E-state index contributed by atoms with van der Waals surface area (Å²) in [5.41, 5.74) is 3.93. The first-order chi connectivity index (χ1) is 17.5. The van der Waals surface area contributed by atoms with Crippen molar-refractivity contribution in [2.75, 3.05) is 26.2 Å². The summed E-state index contributed by atoms with van der Waals surface area (Å²) in [4.78, 5) is 10.3. The van der Waals surface area contributed by atoms with Gasteiger partial charge in [0, 0.05) is 59.9 Å². The lowest BCUT2D eigenvalue weighted by molar-refractivity contribution is 0.263. The van der Waals surface area contributed by atoms with Crippen LogP contribution in [0.3, 0.4) is 0 Å². The lowest BCUT2D eigenvalue weighted by Gasteiger charge is -2.30. The molecule has 0 aliphatic carbocycles. The Labute approximate surface area is 210 Å². The Morgan fingerprint density at radius 2 is 2.00 bits per heavy atom. The van der Waals surface area contributed by atoms with Crippen molar-refractivity contribution < 1.29 is 12.8 Å². The minimum atomic E-state index is -3.60. The van der Waals surface area contributed by atoms with Crippen molar-refractivity contribution in [2.45, 2.75) is 36.6 Å². The number of halogens is 1. The van der Waals surface area contributed by atoms with Crippen LogP contribution in [0.5, 0.6) is 0 Å². The molecule has 1 N–H and O–H groups in total. The zero-order valence-electron chi connectivity index (χ0n) is 20.0. The average molecular weight is 505 g/mol. The highest BCUT2D eigenvalue weighted by Crippen LogP contribution is 2.33. The van der Waals surface area contributed by atoms with Gasteiger partial charge in [0.05, 0.1) is 10.4 Å². The smallest absolute Gasteiger partial charge is 0.243 e. The number of benzene rings is 2. The van der Waals surface area contributed by atoms with Gasteiger partial charge in [0.2, 0.25) is 10.0 Å². The number of nitrogens with one attached hydrogen (secondary N) is 1. The molecule has 2 aromatic heterocycles. The fourth-order valence-corrected chi connectivity index (χ4v) is 7.62. The van der Waals surface area contributed by atoms with Gasteiger partial charge in [0.25, 0.3) is 0 Å². The molecule has 4 heterocycles. The monoisotopic (exact) mass is 504 g/mol. The first-order valence-corrected chi connectivity index (χ1v) is 14.0. The van der Waals surface area contributed by atoms with Crippen molar-refractivity contribution in [2.24, 2.45) is 0 Å². The van der Waals surface area contributed by atoms with E-state index in [0.717, 1.165) is 61.8 Å². The standard InChI is InChI=1S/C28H29FN4O2S/c29-21-8-9-23-25(19-31-27(23)18-21)20-10-15-32(16-11-20)17-12-22-4-3-14-33(22)36(34,35)28-7-1-6-26-24(28)5-2-13-30-26/h1-2,5-10,13,18-19,22,31H,3-4,11-12,14-17H2. The molecule has 4 aromatic rings. The summed E-state index contributed by atoms with van der Waals surface area (Å²) in [5, 5.41) is 1.73. The van der Waals surface area contributed by atoms with Crippen LogP contribution in [0.25, 0.3) is 27.4 Å². The summed E-state index contributed by atoms with van der Waals surface area (Å²) in [5.74, 6) is -0.236. The fraction of sp³-hybridized carbons (Fsp3) is 0.321. The maximum atomic E-state index is 13.7. The van der Waals surface area contributed by atoms with E-state index >= 15 is 0 Å². The largest absolute Gasteiger partial charge is 0.360 e. The number of pyridine rings is 1. The second-order valence-electron chi connectivity index (χ2n) is 9.70. The Kier molecular flexibility index (Phi) is 6.11. The van der Waals surface area contributed by atoms with E-state index in [1.165, 1.54) is 17.7 Å². The summed E-state index contributed by atoms with van der Waals surface area (Å²) in [6.07, 6.45) is 9.42. The summed E-state index contributed by atoms with van der Waals surface area (Å²) >= 11 is 0. The van der Waals surface area contributed by atoms with E-state index in [2.05, 4.69) is 20.9 Å². The molecule has 2 aliphatic rings. The van der Waals surface area contributed by atoms with Crippen molar-refractivity contribution in [3.63, 3.8) is 0 Å². The third kappa shape index (κ3) is 4.23. The number of aromatic amines is 1. The third-order valence-corrected chi connectivity index (χ3v) is 9.59. The number of fused-ring (bicyclic) bond motifs is 2. The van der Waals surface area contributed by atoms with Crippen LogP contribution in [-0.2, 0) is 10.0 Å². The Morgan fingerprint density at radius 3 is 2.86 bits per heavy atom. The highest BCUT2D eigenvalue weighted by Gasteiger charge is 2.36. The van der Waals surface area contributed by atoms with E-state index in [-0.39, 0.29) is 11.9 Å². The molecule has 0 amide bonds. The minimum absolute atomic E-state index is 0.0100. The number of H-pyrrole nitrogens is 1. The van der Waals surface area contributed by atoms with Gasteiger partial charge in [-0.25, -0.2) is 12.8 Å². The van der Waals surface area contributed by atoms with Gasteiger partial charge in [0.15, 0.2) is 0 Å². The van der Waals surface area contributed by atoms with Gasteiger partial charge in [-0.05, 0) is 80.3 Å². The van der Waals surface area contributed by atoms with Crippen molar-refractivity contribution >= 4 is 37.4 Å². The number of sulfonamides is 1. The molecule has 186 valence electrons. The highest BCUT2D eigenvalue weighted by molar-refractivity contribution is 7.89. The number of hydrogen-bond acceptors (Lipinski definition) is 4. The van der Waals surface area contributed by atoms with Crippen molar-refractivity contribution in [3.8, 4) is 0 Å². The van der Waals surface area contributed by atoms with Crippen molar-refractivity contribution in [1.82, 2.24) is 19.2 Å². The zero-order valence-corrected chi connectivity index (χ0v) is 20.8. The van der Waals surface area contributed by atoms with Gasteiger partial charge in [0.1, 0.15) is 5.82 Å². The fourth-order valence-electron chi connectivity index (χ4n) is 5.70. The van der Waals surface area contributed by atoms with Gasteiger partial charge in [-0.3, -0.25) is 9.88 Å². The van der Waals surface area contributed by atoms with Crippen molar-refractivity contribution in [1.29, 1.82) is 0 Å². The Balaban J connectivity index is 1.14. The molecule has 2 aromatic carbocycles. The summed E-state index contributed by atoms with van der Waals surface area (Å²) in [7, 11) is -3.60. The lowest BCUT2D eigenvalue weighted by Crippen LogP contribution is -2.39. The molecule has 1 unspecified atom stereocenters. The van der Waals surface area contributed by atoms with Gasteiger partial charge < -0.3 is 4.98 Å². The van der Waals surface area contributed by atoms with Crippen LogP contribution in [-0.4, -0.2) is 59.8 Å². The molecular formula is C28H29FN4O2S. The Morgan fingerprint density at radius 1 is 1.08 bits per heavy atom. The molecule has 1 fully saturated rings. The van der Waals surface area contributed by atoms with Gasteiger partial charge in [-0.1, -0.05) is 12.1 Å². The molecule has 8 heteroatoms. The molecular weight excluding hydrogens is 475 g/mol. The molecule has 0 radical (unpaired) electrons. The van der Waals surface area contributed by atoms with E-state index in [9.17, 15) is 12.8 Å². The molecule has 1 saturated heterocycles. The summed E-state index contributed by atoms with van der Waals surface area (Å²) in [6.45, 7) is 3.18. The van der Waals surface area contributed by atoms with E-state index in [1.54, 1.807) is 28.7 Å². The van der Waals surface area contributed by atoms with E-state index in [0.29, 0.717) is 22.3 Å². The molecule has 1 atom stereocenters. The molecule has 0 bridgehead atoms. The van der Waals surface area contributed by atoms with E-state index < -0.39 is 10.0 Å². The van der Waals surface area contributed by atoms with Crippen LogP contribution in [0.4, 0.5) is 4.39 Å². The molecule has 6 nitrogen and oxygen atoms in total. The molecule has 0 saturated carbocycles. The summed E-state index contributed by atoms with van der Waals surface area (Å²) < 4.78 is 42.6. The number of aromatic nitrogens is 2. The van der Waals surface area contributed by atoms with Gasteiger partial charge >= 0.3 is 0 Å². The van der Waals surface area contributed by atoms with Gasteiger partial charge in [-0.2, -0.15) is 4.31 Å². The van der Waals surface area contributed by atoms with Crippen LogP contribution in [0.1, 0.15) is 31.2 Å². The normalized spacial score (nSPS) is 19.8. The lowest BCUT2D eigenvalue weighted by atomic mass is 9.98. The predicted octanol–water partition coefficient (Wildman–Crippen LogP) is 5.19. The third-order valence-electron chi connectivity index (χ3n) is 7.58. The SMILES string of the molecule is O=S(=O)(c1cccc2ncccc12)N1CCCC1CCN1CC=C(c2c[nH]c3cc(F)ccc23)CC1. The number of nitrogens with zero attached hydrogens (tertiary/aromatic N) is 3. The Hall–Kier alpha value is -3.07. The van der Waals surface area contributed by atoms with E-state index in [4.69, 9.17) is 0 Å². The molecule has 2 aliphatic heterocycles. The first kappa shape index (κ1) is 23.3. The summed E-state index contributed by atoms with van der Waals surface area (Å²) in [6, 6.07) is 13.8. The topological polar surface area (TPSA) is 69.3 Å². The average Bonchev–Trinajstić information content (AvgIpc) is 3.55. The predicted molar refractivity (Wildman–Crippen MR) is 141 cm³/mol. The number of rotatable bonds is 6. The van der Waals surface area contributed by atoms with Crippen LogP contribution < -0.4 is 0 Å². The maximum Gasteiger partial charge on any atom is 0.243 e. The van der Waals surface area contributed by atoms with Crippen LogP contribution in [0.2, 0.25) is 0 Å². The van der Waals surface area contributed by atoms with Gasteiger partial charge in [-0.15, -0.1) is 0 Å². The first-order valence-electron chi connectivity index (χ1n) is 12.5. The zero-order chi connectivity index (χ0) is 24.7. The quantitative estimate of drug-likeness (QED) is 0.393. The second kappa shape index (κ2) is 9.42. The molecule has 36 heavy (non-hydrogen) atoms. The van der Waals surface area contributed by atoms with Crippen LogP contribution >= 0.6 is 0 Å². The Bertz CT molecular complexity index is 1560. The van der Waals surface area contributed by atoms with Crippen molar-refractivity contribution in [3.05, 3.63) is 78.4 Å². The molecule has 6 rings (SSSR count). The van der Waals surface area contributed by atoms with E-state index in [1.807, 2.05) is 24.4 Å². The highest BCUT2D eigenvalue weighted by atomic mass is 32.2. The minimum Gasteiger partial charge on any atom is -0.360 e. The van der Waals surface area contributed by atoms with Crippen LogP contribution in [0, 0.1) is 5.82 Å². The maximum absolute atomic E-state index is 13.7.